The minimum atomic E-state index is -0.652. The number of amides is 1. The minimum Gasteiger partial charge on any atom is -0.486 e. The molecule has 0 radical (unpaired) electrons. The lowest BCUT2D eigenvalue weighted by atomic mass is 9.99. The van der Waals surface area contributed by atoms with Gasteiger partial charge in [-0.05, 0) is 63.5 Å². The molecule has 0 spiro atoms. The van der Waals surface area contributed by atoms with E-state index in [2.05, 4.69) is 5.32 Å². The van der Waals surface area contributed by atoms with Gasteiger partial charge in [0.2, 0.25) is 17.0 Å². The number of ether oxygens (including phenoxy) is 2. The van der Waals surface area contributed by atoms with Gasteiger partial charge in [-0.3, -0.25) is 14.4 Å². The van der Waals surface area contributed by atoms with E-state index in [1.165, 1.54) is 24.3 Å². The molecule has 1 aliphatic heterocycles. The zero-order valence-electron chi connectivity index (χ0n) is 18.3. The highest BCUT2D eigenvalue weighted by atomic mass is 35.5. The number of hydrogen-bond acceptors (Lipinski definition) is 7. The molecule has 0 aliphatic carbocycles. The third kappa shape index (κ3) is 4.86. The fraction of sp³-hybridized carbons (Fsp3) is 0.292. The van der Waals surface area contributed by atoms with Crippen LogP contribution in [0.4, 0.5) is 0 Å². The highest BCUT2D eigenvalue weighted by Gasteiger charge is 2.28. The van der Waals surface area contributed by atoms with Crippen molar-refractivity contribution in [2.24, 2.45) is 0 Å². The first-order valence-electron chi connectivity index (χ1n) is 10.5. The highest BCUT2D eigenvalue weighted by molar-refractivity contribution is 6.31. The number of ketones is 1. The quantitative estimate of drug-likeness (QED) is 0.418. The number of hydrogen-bond donors (Lipinski definition) is 1. The molecule has 0 fully saturated rings. The van der Waals surface area contributed by atoms with Gasteiger partial charge in [-0.1, -0.05) is 11.6 Å². The summed E-state index contributed by atoms with van der Waals surface area (Å²) in [6.07, 6.45) is 0.692. The van der Waals surface area contributed by atoms with Gasteiger partial charge in [0.25, 0.3) is 5.91 Å². The number of carbonyl (C=O) groups is 2. The molecular weight excluding hydrogens is 448 g/mol. The van der Waals surface area contributed by atoms with E-state index in [-0.39, 0.29) is 27.9 Å². The van der Waals surface area contributed by atoms with Crippen molar-refractivity contribution in [2.75, 3.05) is 40.4 Å². The number of benzene rings is 2. The lowest BCUT2D eigenvalue weighted by Crippen LogP contribution is -2.31. The Morgan fingerprint density at radius 1 is 1.06 bits per heavy atom. The van der Waals surface area contributed by atoms with Crippen molar-refractivity contribution >= 4 is 34.3 Å². The van der Waals surface area contributed by atoms with Gasteiger partial charge >= 0.3 is 0 Å². The van der Waals surface area contributed by atoms with Crippen molar-refractivity contribution in [3.05, 3.63) is 68.5 Å². The van der Waals surface area contributed by atoms with E-state index < -0.39 is 17.1 Å². The molecule has 0 bridgehead atoms. The lowest BCUT2D eigenvalue weighted by Gasteiger charge is -2.18. The molecule has 0 unspecified atom stereocenters. The monoisotopic (exact) mass is 470 g/mol. The van der Waals surface area contributed by atoms with Gasteiger partial charge in [-0.25, -0.2) is 0 Å². The molecule has 33 heavy (non-hydrogen) atoms. The Hall–Kier alpha value is -3.36. The van der Waals surface area contributed by atoms with E-state index in [0.717, 1.165) is 6.54 Å². The van der Waals surface area contributed by atoms with E-state index in [0.29, 0.717) is 42.7 Å². The molecule has 0 saturated heterocycles. The molecular formula is C24H23ClN2O6. The standard InChI is InChI=1S/C24H23ClN2O6/c1-27(2)9-3-8-26-24(30)23-20(22(29)16-13-15(25)5-7-17(16)33-23)21(28)14-4-6-18-19(12-14)32-11-10-31-18/h4-7,12-13H,3,8-11H2,1-2H3,(H,26,30). The first-order valence-corrected chi connectivity index (χ1v) is 10.9. The predicted molar refractivity (Wildman–Crippen MR) is 124 cm³/mol. The molecule has 0 saturated carbocycles. The van der Waals surface area contributed by atoms with Crippen LogP contribution in [0, 0.1) is 0 Å². The highest BCUT2D eigenvalue weighted by Crippen LogP contribution is 2.32. The summed E-state index contributed by atoms with van der Waals surface area (Å²) in [5.41, 5.74) is -0.639. The molecule has 4 rings (SSSR count). The van der Waals surface area contributed by atoms with Crippen molar-refractivity contribution < 1.29 is 23.5 Å². The Morgan fingerprint density at radius 2 is 1.82 bits per heavy atom. The van der Waals surface area contributed by atoms with Gasteiger partial charge in [0.1, 0.15) is 24.4 Å². The number of rotatable bonds is 7. The Labute approximate surface area is 195 Å². The van der Waals surface area contributed by atoms with Crippen LogP contribution in [-0.2, 0) is 0 Å². The lowest BCUT2D eigenvalue weighted by molar-refractivity contribution is 0.0912. The predicted octanol–water partition coefficient (Wildman–Crippen LogP) is 3.13. The molecule has 2 heterocycles. The van der Waals surface area contributed by atoms with Gasteiger partial charge < -0.3 is 24.1 Å². The Bertz CT molecular complexity index is 1280. The maximum absolute atomic E-state index is 13.5. The topological polar surface area (TPSA) is 98.1 Å². The molecule has 3 aromatic rings. The van der Waals surface area contributed by atoms with Crippen LogP contribution in [0.5, 0.6) is 11.5 Å². The van der Waals surface area contributed by atoms with Crippen LogP contribution in [0.2, 0.25) is 5.02 Å². The molecule has 172 valence electrons. The number of nitrogens with one attached hydrogen (secondary N) is 1. The Balaban J connectivity index is 1.77. The SMILES string of the molecule is CN(C)CCCNC(=O)c1oc2ccc(Cl)cc2c(=O)c1C(=O)c1ccc2c(c1)OCCO2. The zero-order chi connectivity index (χ0) is 23.5. The van der Waals surface area contributed by atoms with Gasteiger partial charge in [0.15, 0.2) is 11.5 Å². The molecule has 2 aromatic carbocycles. The second-order valence-corrected chi connectivity index (χ2v) is 8.31. The third-order valence-corrected chi connectivity index (χ3v) is 5.39. The average molecular weight is 471 g/mol. The fourth-order valence-electron chi connectivity index (χ4n) is 3.54. The van der Waals surface area contributed by atoms with Crippen molar-refractivity contribution in [1.29, 1.82) is 0 Å². The third-order valence-electron chi connectivity index (χ3n) is 5.16. The summed E-state index contributed by atoms with van der Waals surface area (Å²) in [5.74, 6) is -0.715. The number of fused-ring (bicyclic) bond motifs is 2. The van der Waals surface area contributed by atoms with Gasteiger partial charge in [0.05, 0.1) is 5.39 Å². The first kappa shape index (κ1) is 22.8. The largest absolute Gasteiger partial charge is 0.486 e. The summed E-state index contributed by atoms with van der Waals surface area (Å²) in [6.45, 7) is 1.88. The van der Waals surface area contributed by atoms with Crippen LogP contribution < -0.4 is 20.2 Å². The van der Waals surface area contributed by atoms with Crippen molar-refractivity contribution in [2.45, 2.75) is 6.42 Å². The fourth-order valence-corrected chi connectivity index (χ4v) is 3.71. The molecule has 0 atom stereocenters. The van der Waals surface area contributed by atoms with Crippen molar-refractivity contribution in [3.63, 3.8) is 0 Å². The van der Waals surface area contributed by atoms with Crippen LogP contribution >= 0.6 is 11.6 Å². The smallest absolute Gasteiger partial charge is 0.287 e. The minimum absolute atomic E-state index is 0.118. The van der Waals surface area contributed by atoms with Crippen LogP contribution in [0.25, 0.3) is 11.0 Å². The summed E-state index contributed by atoms with van der Waals surface area (Å²) >= 11 is 6.05. The molecule has 1 aliphatic rings. The van der Waals surface area contributed by atoms with Crippen LogP contribution in [0.3, 0.4) is 0 Å². The van der Waals surface area contributed by atoms with E-state index in [9.17, 15) is 14.4 Å². The van der Waals surface area contributed by atoms with Crippen LogP contribution in [0.1, 0.15) is 32.9 Å². The maximum Gasteiger partial charge on any atom is 0.287 e. The zero-order valence-corrected chi connectivity index (χ0v) is 19.0. The van der Waals surface area contributed by atoms with Crippen LogP contribution in [0.15, 0.2) is 45.6 Å². The maximum atomic E-state index is 13.5. The number of nitrogens with zero attached hydrogens (tertiary/aromatic N) is 1. The van der Waals surface area contributed by atoms with E-state index in [1.807, 2.05) is 19.0 Å². The Kier molecular flexibility index (Phi) is 6.67. The van der Waals surface area contributed by atoms with Crippen molar-refractivity contribution in [1.82, 2.24) is 10.2 Å². The molecule has 9 heteroatoms. The summed E-state index contributed by atoms with van der Waals surface area (Å²) in [7, 11) is 3.86. The summed E-state index contributed by atoms with van der Waals surface area (Å²) in [5, 5.41) is 3.16. The van der Waals surface area contributed by atoms with Crippen LogP contribution in [-0.4, -0.2) is 57.0 Å². The van der Waals surface area contributed by atoms with Crippen molar-refractivity contribution in [3.8, 4) is 11.5 Å². The summed E-state index contributed by atoms with van der Waals surface area (Å²) < 4.78 is 16.8. The molecule has 1 aromatic heterocycles. The van der Waals surface area contributed by atoms with E-state index >= 15 is 0 Å². The summed E-state index contributed by atoms with van der Waals surface area (Å²) in [4.78, 5) is 41.7. The van der Waals surface area contributed by atoms with Gasteiger partial charge in [-0.15, -0.1) is 0 Å². The number of carbonyl (C=O) groups excluding carboxylic acids is 2. The second kappa shape index (κ2) is 9.64. The first-order chi connectivity index (χ1) is 15.8. The molecule has 1 N–H and O–H groups in total. The summed E-state index contributed by atoms with van der Waals surface area (Å²) in [6, 6.07) is 9.09. The van der Waals surface area contributed by atoms with E-state index in [1.54, 1.807) is 12.1 Å². The normalized spacial score (nSPS) is 12.7. The van der Waals surface area contributed by atoms with E-state index in [4.69, 9.17) is 25.5 Å². The Morgan fingerprint density at radius 3 is 2.58 bits per heavy atom. The second-order valence-electron chi connectivity index (χ2n) is 7.88. The molecule has 1 amide bonds. The average Bonchev–Trinajstić information content (AvgIpc) is 2.81. The van der Waals surface area contributed by atoms with Gasteiger partial charge in [-0.2, -0.15) is 0 Å². The van der Waals surface area contributed by atoms with Gasteiger partial charge in [0, 0.05) is 17.1 Å². The number of halogens is 1. The molecule has 8 nitrogen and oxygen atoms in total.